The van der Waals surface area contributed by atoms with Gasteiger partial charge >= 0.3 is 0 Å². The first kappa shape index (κ1) is 14.5. The molecule has 5 heteroatoms. The molecule has 0 bridgehead atoms. The second-order valence-corrected chi connectivity index (χ2v) is 4.83. The van der Waals surface area contributed by atoms with E-state index in [1.165, 1.54) is 5.56 Å². The number of benzene rings is 1. The fraction of sp³-hybridized carbons (Fsp3) is 0.467. The van der Waals surface area contributed by atoms with E-state index in [4.69, 9.17) is 4.74 Å². The number of aryl methyl sites for hydroxylation is 1. The zero-order valence-electron chi connectivity index (χ0n) is 12.2. The average molecular weight is 275 g/mol. The van der Waals surface area contributed by atoms with Gasteiger partial charge in [0, 0.05) is 6.04 Å². The molecule has 2 aromatic rings. The molecule has 0 aliphatic heterocycles. The third kappa shape index (κ3) is 3.81. The lowest BCUT2D eigenvalue weighted by Crippen LogP contribution is -2.19. The van der Waals surface area contributed by atoms with Crippen molar-refractivity contribution < 1.29 is 9.37 Å². The van der Waals surface area contributed by atoms with Gasteiger partial charge in [0.25, 0.3) is 0 Å². The van der Waals surface area contributed by atoms with Gasteiger partial charge < -0.3 is 10.1 Å². The number of hydrogen-bond donors (Lipinski definition) is 1. The third-order valence-corrected chi connectivity index (χ3v) is 3.18. The zero-order chi connectivity index (χ0) is 14.4. The van der Waals surface area contributed by atoms with E-state index in [0.717, 1.165) is 30.1 Å². The minimum absolute atomic E-state index is 0.314. The van der Waals surface area contributed by atoms with Crippen LogP contribution in [0.1, 0.15) is 43.3 Å². The van der Waals surface area contributed by atoms with Crippen LogP contribution in [0.5, 0.6) is 5.75 Å². The van der Waals surface area contributed by atoms with Crippen LogP contribution in [0.4, 0.5) is 0 Å². The van der Waals surface area contributed by atoms with E-state index in [2.05, 4.69) is 46.2 Å². The summed E-state index contributed by atoms with van der Waals surface area (Å²) in [5, 5.41) is 11.0. The lowest BCUT2D eigenvalue weighted by molar-refractivity contribution is 0.270. The molecule has 1 heterocycles. The van der Waals surface area contributed by atoms with Gasteiger partial charge in [-0.15, -0.1) is 0 Å². The van der Waals surface area contributed by atoms with Gasteiger partial charge in [-0.05, 0) is 44.5 Å². The molecule has 108 valence electrons. The molecule has 0 saturated carbocycles. The van der Waals surface area contributed by atoms with Crippen molar-refractivity contribution in [2.75, 3.05) is 6.54 Å². The summed E-state index contributed by atoms with van der Waals surface area (Å²) >= 11 is 0. The molecule has 0 amide bonds. The standard InChI is InChI=1S/C15H21N3O2/c1-4-8-16-11(2)13-6-5-7-14(9-13)19-10-15-12(3)17-20-18-15/h5-7,9,11,16H,4,8,10H2,1-3H3. The van der Waals surface area contributed by atoms with Crippen molar-refractivity contribution in [1.29, 1.82) is 0 Å². The smallest absolute Gasteiger partial charge is 0.145 e. The number of hydrogen-bond acceptors (Lipinski definition) is 5. The van der Waals surface area contributed by atoms with Crippen LogP contribution in [0.25, 0.3) is 0 Å². The highest BCUT2D eigenvalue weighted by atomic mass is 16.6. The van der Waals surface area contributed by atoms with Gasteiger partial charge in [-0.2, -0.15) is 0 Å². The summed E-state index contributed by atoms with van der Waals surface area (Å²) in [4.78, 5) is 0. The Kier molecular flexibility index (Phi) is 5.12. The number of rotatable bonds is 7. The van der Waals surface area contributed by atoms with Crippen molar-refractivity contribution in [2.24, 2.45) is 0 Å². The van der Waals surface area contributed by atoms with E-state index in [1.54, 1.807) is 0 Å². The fourth-order valence-corrected chi connectivity index (χ4v) is 1.88. The van der Waals surface area contributed by atoms with E-state index in [9.17, 15) is 0 Å². The van der Waals surface area contributed by atoms with Gasteiger partial charge in [0.2, 0.25) is 0 Å². The highest BCUT2D eigenvalue weighted by Crippen LogP contribution is 2.20. The van der Waals surface area contributed by atoms with Gasteiger partial charge in [0.05, 0.1) is 0 Å². The van der Waals surface area contributed by atoms with Crippen molar-refractivity contribution in [3.63, 3.8) is 0 Å². The summed E-state index contributed by atoms with van der Waals surface area (Å²) in [5.74, 6) is 0.829. The topological polar surface area (TPSA) is 60.2 Å². The highest BCUT2D eigenvalue weighted by molar-refractivity contribution is 5.30. The quantitative estimate of drug-likeness (QED) is 0.841. The fourth-order valence-electron chi connectivity index (χ4n) is 1.88. The van der Waals surface area contributed by atoms with Crippen LogP contribution in [0.3, 0.4) is 0 Å². The van der Waals surface area contributed by atoms with Crippen molar-refractivity contribution in [1.82, 2.24) is 15.6 Å². The average Bonchev–Trinajstić information content (AvgIpc) is 2.88. The highest BCUT2D eigenvalue weighted by Gasteiger charge is 2.08. The minimum Gasteiger partial charge on any atom is -0.487 e. The third-order valence-electron chi connectivity index (χ3n) is 3.18. The van der Waals surface area contributed by atoms with E-state index < -0.39 is 0 Å². The van der Waals surface area contributed by atoms with E-state index >= 15 is 0 Å². The number of nitrogens with zero attached hydrogens (tertiary/aromatic N) is 2. The van der Waals surface area contributed by atoms with Gasteiger partial charge in [-0.1, -0.05) is 29.4 Å². The van der Waals surface area contributed by atoms with Gasteiger partial charge in [-0.25, -0.2) is 4.63 Å². The van der Waals surface area contributed by atoms with Gasteiger partial charge in [0.1, 0.15) is 23.7 Å². The van der Waals surface area contributed by atoms with E-state index in [1.807, 2.05) is 19.1 Å². The van der Waals surface area contributed by atoms with Gasteiger partial charge in [-0.3, -0.25) is 0 Å². The van der Waals surface area contributed by atoms with Crippen molar-refractivity contribution in [2.45, 2.75) is 39.8 Å². The molecule has 20 heavy (non-hydrogen) atoms. The summed E-state index contributed by atoms with van der Waals surface area (Å²) in [5.41, 5.74) is 2.71. The molecule has 0 aliphatic carbocycles. The second kappa shape index (κ2) is 7.05. The van der Waals surface area contributed by atoms with Crippen molar-refractivity contribution >= 4 is 0 Å². The predicted octanol–water partition coefficient (Wildman–Crippen LogP) is 3.02. The maximum Gasteiger partial charge on any atom is 0.145 e. The van der Waals surface area contributed by atoms with E-state index in [0.29, 0.717) is 12.6 Å². The molecule has 0 aliphatic rings. The van der Waals surface area contributed by atoms with Crippen molar-refractivity contribution in [3.05, 3.63) is 41.2 Å². The van der Waals surface area contributed by atoms with Crippen molar-refractivity contribution in [3.8, 4) is 5.75 Å². The molecule has 1 unspecified atom stereocenters. The molecule has 0 spiro atoms. The minimum atomic E-state index is 0.314. The largest absolute Gasteiger partial charge is 0.487 e. The monoisotopic (exact) mass is 275 g/mol. The maximum absolute atomic E-state index is 5.74. The Morgan fingerprint density at radius 1 is 1.35 bits per heavy atom. The van der Waals surface area contributed by atoms with E-state index in [-0.39, 0.29) is 0 Å². The maximum atomic E-state index is 5.74. The summed E-state index contributed by atoms with van der Waals surface area (Å²) in [6.45, 7) is 7.54. The second-order valence-electron chi connectivity index (χ2n) is 4.83. The SMILES string of the molecule is CCCNC(C)c1cccc(OCc2nonc2C)c1. The van der Waals surface area contributed by atoms with Crippen LogP contribution in [-0.4, -0.2) is 16.9 Å². The molecule has 1 atom stereocenters. The number of ether oxygens (including phenoxy) is 1. The summed E-state index contributed by atoms with van der Waals surface area (Å²) in [7, 11) is 0. The number of aromatic nitrogens is 2. The molecule has 5 nitrogen and oxygen atoms in total. The molecule has 0 radical (unpaired) electrons. The lowest BCUT2D eigenvalue weighted by atomic mass is 10.1. The Labute approximate surface area is 119 Å². The molecule has 0 saturated heterocycles. The van der Waals surface area contributed by atoms with Crippen LogP contribution >= 0.6 is 0 Å². The Morgan fingerprint density at radius 2 is 2.20 bits per heavy atom. The Balaban J connectivity index is 1.97. The number of nitrogens with one attached hydrogen (secondary N) is 1. The molecule has 0 fully saturated rings. The zero-order valence-corrected chi connectivity index (χ0v) is 12.2. The molecule has 2 rings (SSSR count). The van der Waals surface area contributed by atoms with Crippen LogP contribution in [0.2, 0.25) is 0 Å². The van der Waals surface area contributed by atoms with Crippen LogP contribution in [0, 0.1) is 6.92 Å². The molecule has 1 aromatic carbocycles. The lowest BCUT2D eigenvalue weighted by Gasteiger charge is -2.14. The Bertz CT molecular complexity index is 539. The first-order valence-electron chi connectivity index (χ1n) is 6.95. The Hall–Kier alpha value is -1.88. The normalized spacial score (nSPS) is 12.3. The molecular weight excluding hydrogens is 254 g/mol. The summed E-state index contributed by atoms with van der Waals surface area (Å²) in [6, 6.07) is 8.41. The first-order valence-corrected chi connectivity index (χ1v) is 6.95. The van der Waals surface area contributed by atoms with Crippen LogP contribution in [-0.2, 0) is 6.61 Å². The van der Waals surface area contributed by atoms with Gasteiger partial charge in [0.15, 0.2) is 0 Å². The summed E-state index contributed by atoms with van der Waals surface area (Å²) in [6.07, 6.45) is 1.12. The molecule has 1 N–H and O–H groups in total. The predicted molar refractivity (Wildman–Crippen MR) is 76.5 cm³/mol. The molecular formula is C15H21N3O2. The first-order chi connectivity index (χ1) is 9.70. The van der Waals surface area contributed by atoms with Crippen LogP contribution in [0.15, 0.2) is 28.9 Å². The van der Waals surface area contributed by atoms with Crippen LogP contribution < -0.4 is 10.1 Å². The summed E-state index contributed by atoms with van der Waals surface area (Å²) < 4.78 is 10.4. The molecule has 1 aromatic heterocycles. The Morgan fingerprint density at radius 3 is 2.90 bits per heavy atom.